The van der Waals surface area contributed by atoms with Crippen LogP contribution in [0, 0.1) is 0 Å². The van der Waals surface area contributed by atoms with E-state index < -0.39 is 0 Å². The van der Waals surface area contributed by atoms with Crippen LogP contribution in [0.1, 0.15) is 71.9 Å². The normalized spacial score (nSPS) is 14.5. The van der Waals surface area contributed by atoms with E-state index in [2.05, 4.69) is 28.5 Å². The third-order valence-corrected chi connectivity index (χ3v) is 4.72. The number of aromatic amines is 1. The van der Waals surface area contributed by atoms with E-state index in [1.807, 2.05) is 20.8 Å². The lowest BCUT2D eigenvalue weighted by atomic mass is 10.0. The molecule has 0 saturated heterocycles. The number of H-pyrrole nitrogens is 1. The molecule has 0 fully saturated rings. The first-order valence-corrected chi connectivity index (χ1v) is 8.61. The summed E-state index contributed by atoms with van der Waals surface area (Å²) in [5.41, 5.74) is 4.88. The van der Waals surface area contributed by atoms with E-state index in [0.717, 1.165) is 24.1 Å². The fourth-order valence-corrected chi connectivity index (χ4v) is 3.23. The molecule has 1 aliphatic rings. The first-order chi connectivity index (χ1) is 11.4. The molecule has 0 spiro atoms. The summed E-state index contributed by atoms with van der Waals surface area (Å²) in [5, 5.41) is 3.01. The first kappa shape index (κ1) is 16.5. The number of carbonyl (C=O) groups excluding carboxylic acids is 1. The van der Waals surface area contributed by atoms with Crippen LogP contribution < -0.4 is 10.9 Å². The van der Waals surface area contributed by atoms with Gasteiger partial charge >= 0.3 is 0 Å². The summed E-state index contributed by atoms with van der Waals surface area (Å²) in [6, 6.07) is 9.49. The van der Waals surface area contributed by atoms with E-state index in [1.54, 1.807) is 6.07 Å². The minimum Gasteiger partial charge on any atom is -0.346 e. The molecule has 126 valence electrons. The van der Waals surface area contributed by atoms with Crippen LogP contribution in [-0.2, 0) is 12.8 Å². The third kappa shape index (κ3) is 3.42. The SMILES string of the molecule is CC(C)c1cc(C(=O)N[C@H](C)c2ccc3c(c2)CCC3)cc(=O)[nH]1. The van der Waals surface area contributed by atoms with Gasteiger partial charge in [-0.05, 0) is 54.9 Å². The Balaban J connectivity index is 1.78. The average Bonchev–Trinajstić information content (AvgIpc) is 3.01. The molecule has 3 rings (SSSR count). The zero-order chi connectivity index (χ0) is 17.3. The quantitative estimate of drug-likeness (QED) is 0.904. The Morgan fingerprint density at radius 2 is 1.83 bits per heavy atom. The molecule has 0 aliphatic heterocycles. The molecule has 0 radical (unpaired) electrons. The van der Waals surface area contributed by atoms with Gasteiger partial charge in [0.1, 0.15) is 0 Å². The van der Waals surface area contributed by atoms with Crippen molar-refractivity contribution in [3.05, 3.63) is 68.6 Å². The highest BCUT2D eigenvalue weighted by Gasteiger charge is 2.16. The molecule has 2 aromatic rings. The monoisotopic (exact) mass is 324 g/mol. The molecular formula is C20H24N2O2. The van der Waals surface area contributed by atoms with Crippen LogP contribution in [0.4, 0.5) is 0 Å². The molecule has 2 N–H and O–H groups in total. The van der Waals surface area contributed by atoms with Gasteiger partial charge in [-0.2, -0.15) is 0 Å². The lowest BCUT2D eigenvalue weighted by molar-refractivity contribution is 0.0939. The van der Waals surface area contributed by atoms with Crippen molar-refractivity contribution in [2.45, 2.75) is 52.0 Å². The summed E-state index contributed by atoms with van der Waals surface area (Å²) < 4.78 is 0. The highest BCUT2D eigenvalue weighted by molar-refractivity contribution is 5.94. The molecule has 0 saturated carbocycles. The largest absolute Gasteiger partial charge is 0.346 e. The summed E-state index contributed by atoms with van der Waals surface area (Å²) in [5.74, 6) is -0.0458. The fourth-order valence-electron chi connectivity index (χ4n) is 3.23. The van der Waals surface area contributed by atoms with Gasteiger partial charge in [-0.15, -0.1) is 0 Å². The molecule has 1 aromatic carbocycles. The smallest absolute Gasteiger partial charge is 0.252 e. The third-order valence-electron chi connectivity index (χ3n) is 4.72. The van der Waals surface area contributed by atoms with Crippen molar-refractivity contribution in [2.75, 3.05) is 0 Å². The van der Waals surface area contributed by atoms with Crippen LogP contribution in [0.25, 0.3) is 0 Å². The van der Waals surface area contributed by atoms with Crippen molar-refractivity contribution in [1.29, 1.82) is 0 Å². The topological polar surface area (TPSA) is 62.0 Å². The summed E-state index contributed by atoms with van der Waals surface area (Å²) in [4.78, 5) is 27.1. The maximum absolute atomic E-state index is 12.5. The van der Waals surface area contributed by atoms with Crippen molar-refractivity contribution in [2.24, 2.45) is 0 Å². The van der Waals surface area contributed by atoms with Crippen LogP contribution in [0.3, 0.4) is 0 Å². The number of aryl methyl sites for hydroxylation is 2. The Morgan fingerprint density at radius 3 is 2.58 bits per heavy atom. The second kappa shape index (κ2) is 6.63. The Kier molecular flexibility index (Phi) is 4.56. The van der Waals surface area contributed by atoms with Crippen molar-refractivity contribution >= 4 is 5.91 Å². The van der Waals surface area contributed by atoms with Gasteiger partial charge < -0.3 is 10.3 Å². The highest BCUT2D eigenvalue weighted by atomic mass is 16.2. The molecule has 24 heavy (non-hydrogen) atoms. The van der Waals surface area contributed by atoms with E-state index in [0.29, 0.717) is 5.56 Å². The maximum atomic E-state index is 12.5. The van der Waals surface area contributed by atoms with E-state index in [-0.39, 0.29) is 23.4 Å². The first-order valence-electron chi connectivity index (χ1n) is 8.61. The van der Waals surface area contributed by atoms with Gasteiger partial charge in [0.2, 0.25) is 5.56 Å². The number of fused-ring (bicyclic) bond motifs is 1. The van der Waals surface area contributed by atoms with Crippen LogP contribution in [0.15, 0.2) is 35.1 Å². The molecule has 0 unspecified atom stereocenters. The standard InChI is InChI=1S/C20H24N2O2/c1-12(2)18-10-17(11-19(23)22-18)20(24)21-13(3)15-8-7-14-5-4-6-16(14)9-15/h7-13H,4-6H2,1-3H3,(H,21,24)(H,22,23)/t13-/m1/s1. The predicted molar refractivity (Wildman–Crippen MR) is 95.5 cm³/mol. The van der Waals surface area contributed by atoms with Gasteiger partial charge in [0, 0.05) is 17.3 Å². The zero-order valence-electron chi connectivity index (χ0n) is 14.5. The Labute approximate surface area is 142 Å². The van der Waals surface area contributed by atoms with Gasteiger partial charge in [0.15, 0.2) is 0 Å². The molecule has 1 aliphatic carbocycles. The van der Waals surface area contributed by atoms with Crippen LogP contribution >= 0.6 is 0 Å². The molecule has 4 heteroatoms. The van der Waals surface area contributed by atoms with E-state index >= 15 is 0 Å². The maximum Gasteiger partial charge on any atom is 0.252 e. The Hall–Kier alpha value is -2.36. The number of pyridine rings is 1. The second-order valence-corrected chi connectivity index (χ2v) is 6.92. The van der Waals surface area contributed by atoms with Crippen LogP contribution in [0.2, 0.25) is 0 Å². The number of nitrogens with one attached hydrogen (secondary N) is 2. The van der Waals surface area contributed by atoms with E-state index in [4.69, 9.17) is 0 Å². The highest BCUT2D eigenvalue weighted by Crippen LogP contribution is 2.25. The summed E-state index contributed by atoms with van der Waals surface area (Å²) >= 11 is 0. The number of amides is 1. The second-order valence-electron chi connectivity index (χ2n) is 6.92. The molecule has 0 bridgehead atoms. The van der Waals surface area contributed by atoms with Crippen LogP contribution in [-0.4, -0.2) is 10.9 Å². The number of hydrogen-bond acceptors (Lipinski definition) is 2. The molecule has 1 atom stereocenters. The van der Waals surface area contributed by atoms with Crippen LogP contribution in [0.5, 0.6) is 0 Å². The average molecular weight is 324 g/mol. The summed E-state index contributed by atoms with van der Waals surface area (Å²) in [7, 11) is 0. The van der Waals surface area contributed by atoms with Crippen molar-refractivity contribution in [3.8, 4) is 0 Å². The summed E-state index contributed by atoms with van der Waals surface area (Å²) in [6.07, 6.45) is 3.49. The van der Waals surface area contributed by atoms with Gasteiger partial charge in [-0.25, -0.2) is 0 Å². The van der Waals surface area contributed by atoms with Crippen molar-refractivity contribution < 1.29 is 4.79 Å². The Morgan fingerprint density at radius 1 is 1.08 bits per heavy atom. The van der Waals surface area contributed by atoms with Crippen molar-refractivity contribution in [3.63, 3.8) is 0 Å². The van der Waals surface area contributed by atoms with Gasteiger partial charge in [-0.1, -0.05) is 32.0 Å². The number of aromatic nitrogens is 1. The number of hydrogen-bond donors (Lipinski definition) is 2. The lowest BCUT2D eigenvalue weighted by Crippen LogP contribution is -2.28. The predicted octanol–water partition coefficient (Wildman–Crippen LogP) is 3.48. The number of carbonyl (C=O) groups is 1. The number of rotatable bonds is 4. The van der Waals surface area contributed by atoms with Gasteiger partial charge in [0.05, 0.1) is 6.04 Å². The van der Waals surface area contributed by atoms with E-state index in [1.165, 1.54) is 23.6 Å². The molecule has 1 amide bonds. The minimum atomic E-state index is -0.239. The molecular weight excluding hydrogens is 300 g/mol. The Bertz CT molecular complexity index is 821. The lowest BCUT2D eigenvalue weighted by Gasteiger charge is -2.16. The minimum absolute atomic E-state index is 0.0924. The van der Waals surface area contributed by atoms with Gasteiger partial charge in [-0.3, -0.25) is 9.59 Å². The summed E-state index contributed by atoms with van der Waals surface area (Å²) in [6.45, 7) is 5.95. The van der Waals surface area contributed by atoms with Crippen molar-refractivity contribution in [1.82, 2.24) is 10.3 Å². The molecule has 4 nitrogen and oxygen atoms in total. The van der Waals surface area contributed by atoms with Gasteiger partial charge in [0.25, 0.3) is 5.91 Å². The number of benzene rings is 1. The molecule has 1 heterocycles. The zero-order valence-corrected chi connectivity index (χ0v) is 14.5. The fraction of sp³-hybridized carbons (Fsp3) is 0.400. The molecule has 1 aromatic heterocycles. The van der Waals surface area contributed by atoms with E-state index in [9.17, 15) is 9.59 Å².